The average Bonchev–Trinajstić information content (AvgIpc) is 2.86. The van der Waals surface area contributed by atoms with E-state index in [2.05, 4.69) is 17.6 Å². The van der Waals surface area contributed by atoms with Gasteiger partial charge in [-0.3, -0.25) is 4.79 Å². The summed E-state index contributed by atoms with van der Waals surface area (Å²) in [5, 5.41) is 6.57. The molecule has 1 fully saturated rings. The fourth-order valence-electron chi connectivity index (χ4n) is 3.25. The van der Waals surface area contributed by atoms with Crippen molar-refractivity contribution in [3.05, 3.63) is 29.3 Å². The van der Waals surface area contributed by atoms with Crippen molar-refractivity contribution in [2.24, 2.45) is 0 Å². The Morgan fingerprint density at radius 1 is 1.26 bits per heavy atom. The summed E-state index contributed by atoms with van der Waals surface area (Å²) in [4.78, 5) is 12.4. The van der Waals surface area contributed by atoms with Crippen LogP contribution in [-0.2, 0) is 6.42 Å². The predicted molar refractivity (Wildman–Crippen MR) is 77.6 cm³/mol. The number of rotatable bonds is 2. The molecule has 1 aliphatic carbocycles. The van der Waals surface area contributed by atoms with Crippen LogP contribution in [0.2, 0.25) is 0 Å². The number of nitrogens with one attached hydrogen (secondary N) is 2. The van der Waals surface area contributed by atoms with Crippen LogP contribution >= 0.6 is 0 Å². The van der Waals surface area contributed by atoms with Crippen LogP contribution in [0.4, 0.5) is 5.69 Å². The van der Waals surface area contributed by atoms with Crippen LogP contribution in [0.25, 0.3) is 0 Å². The van der Waals surface area contributed by atoms with Gasteiger partial charge >= 0.3 is 0 Å². The summed E-state index contributed by atoms with van der Waals surface area (Å²) < 4.78 is 0. The lowest BCUT2D eigenvalue weighted by molar-refractivity contribution is 0.0882. The molecule has 1 aliphatic heterocycles. The van der Waals surface area contributed by atoms with E-state index in [9.17, 15) is 4.79 Å². The monoisotopic (exact) mass is 258 g/mol. The predicted octanol–water partition coefficient (Wildman–Crippen LogP) is 3.11. The number of fused-ring (bicyclic) bond motifs is 1. The number of carbonyl (C=O) groups excluding carboxylic acids is 1. The second-order valence-corrected chi connectivity index (χ2v) is 6.12. The molecule has 0 saturated heterocycles. The summed E-state index contributed by atoms with van der Waals surface area (Å²) in [5.74, 6) is 0.0825. The van der Waals surface area contributed by atoms with Crippen molar-refractivity contribution < 1.29 is 4.79 Å². The molecule has 1 amide bonds. The van der Waals surface area contributed by atoms with E-state index >= 15 is 0 Å². The summed E-state index contributed by atoms with van der Waals surface area (Å²) in [5.41, 5.74) is 3.24. The topological polar surface area (TPSA) is 41.1 Å². The molecule has 1 heterocycles. The van der Waals surface area contributed by atoms with Crippen LogP contribution < -0.4 is 10.6 Å². The Labute approximate surface area is 114 Å². The van der Waals surface area contributed by atoms with Gasteiger partial charge in [-0.15, -0.1) is 0 Å². The molecule has 102 valence electrons. The fourth-order valence-corrected chi connectivity index (χ4v) is 3.25. The molecule has 1 saturated carbocycles. The van der Waals surface area contributed by atoms with Crippen LogP contribution in [0.3, 0.4) is 0 Å². The standard InChI is InChI=1S/C16H22N2O/c1-16(8-3-2-4-9-16)18-15(19)13-5-6-14-12(11-13)7-10-17-14/h5-6,11,17H,2-4,7-10H2,1H3,(H,18,19). The van der Waals surface area contributed by atoms with Gasteiger partial charge in [-0.2, -0.15) is 0 Å². The molecule has 3 nitrogen and oxygen atoms in total. The lowest BCUT2D eigenvalue weighted by Crippen LogP contribution is -2.47. The van der Waals surface area contributed by atoms with Gasteiger partial charge in [0.1, 0.15) is 0 Å². The molecular formula is C16H22N2O. The van der Waals surface area contributed by atoms with Gasteiger partial charge in [0, 0.05) is 23.3 Å². The minimum Gasteiger partial charge on any atom is -0.384 e. The van der Waals surface area contributed by atoms with Gasteiger partial charge in [-0.25, -0.2) is 0 Å². The largest absolute Gasteiger partial charge is 0.384 e. The summed E-state index contributed by atoms with van der Waals surface area (Å²) >= 11 is 0. The maximum Gasteiger partial charge on any atom is 0.251 e. The van der Waals surface area contributed by atoms with E-state index in [1.165, 1.54) is 30.5 Å². The summed E-state index contributed by atoms with van der Waals surface area (Å²) in [6.45, 7) is 3.16. The van der Waals surface area contributed by atoms with Crippen molar-refractivity contribution in [1.29, 1.82) is 0 Å². The Balaban J connectivity index is 1.73. The molecule has 0 radical (unpaired) electrons. The highest BCUT2D eigenvalue weighted by atomic mass is 16.1. The Hall–Kier alpha value is -1.51. The third-order valence-corrected chi connectivity index (χ3v) is 4.45. The van der Waals surface area contributed by atoms with Gasteiger partial charge in [0.25, 0.3) is 5.91 Å². The quantitative estimate of drug-likeness (QED) is 0.855. The maximum atomic E-state index is 12.4. The summed E-state index contributed by atoms with van der Waals surface area (Å²) in [7, 11) is 0. The highest BCUT2D eigenvalue weighted by Crippen LogP contribution is 2.28. The first kappa shape index (κ1) is 12.5. The number of carbonyl (C=O) groups is 1. The van der Waals surface area contributed by atoms with Gasteiger partial charge in [0.2, 0.25) is 0 Å². The molecule has 0 atom stereocenters. The highest BCUT2D eigenvalue weighted by molar-refractivity contribution is 5.95. The van der Waals surface area contributed by atoms with Crippen molar-refractivity contribution in [2.75, 3.05) is 11.9 Å². The van der Waals surface area contributed by atoms with E-state index in [-0.39, 0.29) is 11.4 Å². The molecule has 1 aromatic rings. The van der Waals surface area contributed by atoms with Gasteiger partial charge in [-0.05, 0) is 49.9 Å². The van der Waals surface area contributed by atoms with Gasteiger partial charge in [-0.1, -0.05) is 19.3 Å². The third-order valence-electron chi connectivity index (χ3n) is 4.45. The molecule has 0 unspecified atom stereocenters. The van der Waals surface area contributed by atoms with Crippen molar-refractivity contribution in [3.8, 4) is 0 Å². The van der Waals surface area contributed by atoms with Gasteiger partial charge < -0.3 is 10.6 Å². The van der Waals surface area contributed by atoms with Crippen molar-refractivity contribution in [2.45, 2.75) is 51.0 Å². The molecule has 3 heteroatoms. The molecule has 0 aromatic heterocycles. The maximum absolute atomic E-state index is 12.4. The molecule has 19 heavy (non-hydrogen) atoms. The molecule has 2 N–H and O–H groups in total. The molecule has 0 spiro atoms. The summed E-state index contributed by atoms with van der Waals surface area (Å²) in [6.07, 6.45) is 6.98. The third kappa shape index (κ3) is 2.60. The molecular weight excluding hydrogens is 236 g/mol. The number of hydrogen-bond donors (Lipinski definition) is 2. The Kier molecular flexibility index (Phi) is 3.21. The minimum atomic E-state index is -0.00734. The Morgan fingerprint density at radius 3 is 2.84 bits per heavy atom. The zero-order valence-electron chi connectivity index (χ0n) is 11.6. The zero-order valence-corrected chi connectivity index (χ0v) is 11.6. The number of hydrogen-bond acceptors (Lipinski definition) is 2. The average molecular weight is 258 g/mol. The van der Waals surface area contributed by atoms with Crippen molar-refractivity contribution in [1.82, 2.24) is 5.32 Å². The van der Waals surface area contributed by atoms with E-state index in [1.807, 2.05) is 18.2 Å². The van der Waals surface area contributed by atoms with Crippen LogP contribution in [0.5, 0.6) is 0 Å². The number of anilines is 1. The SMILES string of the molecule is CC1(NC(=O)c2ccc3c(c2)CCN3)CCCCC1. The molecule has 1 aromatic carbocycles. The Morgan fingerprint density at radius 2 is 2.05 bits per heavy atom. The highest BCUT2D eigenvalue weighted by Gasteiger charge is 2.28. The number of benzene rings is 1. The lowest BCUT2D eigenvalue weighted by atomic mass is 9.83. The van der Waals surface area contributed by atoms with Crippen LogP contribution in [0, 0.1) is 0 Å². The fraction of sp³-hybridized carbons (Fsp3) is 0.562. The van der Waals surface area contributed by atoms with Crippen LogP contribution in [0.15, 0.2) is 18.2 Å². The van der Waals surface area contributed by atoms with E-state index < -0.39 is 0 Å². The Bertz CT molecular complexity index is 490. The van der Waals surface area contributed by atoms with E-state index in [0.29, 0.717) is 0 Å². The van der Waals surface area contributed by atoms with Gasteiger partial charge in [0.05, 0.1) is 0 Å². The van der Waals surface area contributed by atoms with Crippen molar-refractivity contribution >= 4 is 11.6 Å². The van der Waals surface area contributed by atoms with Gasteiger partial charge in [0.15, 0.2) is 0 Å². The zero-order chi connectivity index (χ0) is 13.3. The second kappa shape index (κ2) is 4.87. The first-order chi connectivity index (χ1) is 9.16. The first-order valence-electron chi connectivity index (χ1n) is 7.36. The van der Waals surface area contributed by atoms with Crippen LogP contribution in [-0.4, -0.2) is 18.0 Å². The summed E-state index contributed by atoms with van der Waals surface area (Å²) in [6, 6.07) is 6.00. The molecule has 3 rings (SSSR count). The molecule has 0 bridgehead atoms. The number of amides is 1. The minimum absolute atomic E-state index is 0.00734. The van der Waals surface area contributed by atoms with E-state index in [1.54, 1.807) is 0 Å². The normalized spacial score (nSPS) is 20.5. The van der Waals surface area contributed by atoms with E-state index in [0.717, 1.165) is 31.4 Å². The van der Waals surface area contributed by atoms with E-state index in [4.69, 9.17) is 0 Å². The molecule has 2 aliphatic rings. The smallest absolute Gasteiger partial charge is 0.251 e. The van der Waals surface area contributed by atoms with Crippen molar-refractivity contribution in [3.63, 3.8) is 0 Å². The first-order valence-corrected chi connectivity index (χ1v) is 7.36. The van der Waals surface area contributed by atoms with Crippen LogP contribution in [0.1, 0.15) is 54.9 Å². The second-order valence-electron chi connectivity index (χ2n) is 6.12. The lowest BCUT2D eigenvalue weighted by Gasteiger charge is -2.34.